The fraction of sp³-hybridized carbons (Fsp3) is 0.333. The molecular weight excluding hydrogens is 382 g/mol. The molecule has 0 radical (unpaired) electrons. The smallest absolute Gasteiger partial charge is 0.545 e. The van der Waals surface area contributed by atoms with Crippen LogP contribution in [-0.2, 0) is 14.9 Å². The van der Waals surface area contributed by atoms with Gasteiger partial charge >= 0.3 is 59.1 Å². The molecule has 1 rings (SSSR count). The number of ether oxygens (including phenoxy) is 1. The Morgan fingerprint density at radius 3 is 1.72 bits per heavy atom. The second-order valence-electron chi connectivity index (χ2n) is 3.99. The van der Waals surface area contributed by atoms with Crippen molar-refractivity contribution in [1.29, 1.82) is 0 Å². The standard InChI is InChI=1S/C8H6O7S.C4H10O3.2Na/c9-7(10)4-1-5(8(11)12)3-6(2-4)16(13,14)15;1-4(6)7-3-2-5;;/h1-3H,(H,9,10)(H,11,12)(H,13,14,15);4-6H,2-3H2,1H3;;/q;;2*+1/p-2. The first-order chi connectivity index (χ1) is 10.5. The van der Waals surface area contributed by atoms with E-state index in [9.17, 15) is 28.2 Å². The van der Waals surface area contributed by atoms with E-state index >= 15 is 0 Å². The number of carbonyl (C=O) groups excluding carboxylic acids is 2. The zero-order valence-electron chi connectivity index (χ0n) is 13.8. The summed E-state index contributed by atoms with van der Waals surface area (Å²) < 4.78 is 34.6. The molecule has 0 amide bonds. The average molecular weight is 396 g/mol. The van der Waals surface area contributed by atoms with Crippen LogP contribution in [0.1, 0.15) is 27.6 Å². The summed E-state index contributed by atoms with van der Waals surface area (Å²) in [5, 5.41) is 37.3. The summed E-state index contributed by atoms with van der Waals surface area (Å²) in [5.41, 5.74) is -1.37. The maximum absolute atomic E-state index is 10.7. The summed E-state index contributed by atoms with van der Waals surface area (Å²) in [5.74, 6) is -3.54. The van der Waals surface area contributed by atoms with E-state index in [0.29, 0.717) is 18.2 Å². The molecule has 0 aliphatic heterocycles. The van der Waals surface area contributed by atoms with Crippen LogP contribution in [-0.4, -0.2) is 54.6 Å². The molecule has 0 saturated heterocycles. The number of rotatable bonds is 6. The number of aromatic carboxylic acids is 2. The van der Waals surface area contributed by atoms with Crippen LogP contribution in [0.4, 0.5) is 0 Å². The Morgan fingerprint density at radius 1 is 1.12 bits per heavy atom. The Labute approximate surface area is 188 Å². The molecule has 1 unspecified atom stereocenters. The first-order valence-corrected chi connectivity index (χ1v) is 7.38. The molecule has 1 aromatic rings. The predicted octanol–water partition coefficient (Wildman–Crippen LogP) is -9.00. The normalized spacial score (nSPS) is 11.0. The monoisotopic (exact) mass is 396 g/mol. The fourth-order valence-electron chi connectivity index (χ4n) is 1.21. The summed E-state index contributed by atoms with van der Waals surface area (Å²) in [6.45, 7) is 1.66. The van der Waals surface area contributed by atoms with Crippen LogP contribution < -0.4 is 69.3 Å². The van der Waals surface area contributed by atoms with Gasteiger partial charge in [-0.05, 0) is 36.2 Å². The molecule has 10 nitrogen and oxygen atoms in total. The number of carbonyl (C=O) groups is 2. The fourth-order valence-corrected chi connectivity index (χ4v) is 1.76. The van der Waals surface area contributed by atoms with Crippen molar-refractivity contribution in [3.63, 3.8) is 0 Å². The molecule has 25 heavy (non-hydrogen) atoms. The molecular formula is C12H14Na2O10S. The van der Waals surface area contributed by atoms with Gasteiger partial charge in [0, 0.05) is 0 Å². The van der Waals surface area contributed by atoms with E-state index in [1.807, 2.05) is 0 Å². The third-order valence-corrected chi connectivity index (χ3v) is 2.96. The quantitative estimate of drug-likeness (QED) is 0.237. The molecule has 0 aromatic heterocycles. The van der Waals surface area contributed by atoms with E-state index in [4.69, 9.17) is 14.8 Å². The van der Waals surface area contributed by atoms with Crippen molar-refractivity contribution in [3.8, 4) is 0 Å². The maximum atomic E-state index is 10.7. The number of aliphatic hydroxyl groups excluding tert-OH is 2. The van der Waals surface area contributed by atoms with E-state index < -0.39 is 44.4 Å². The van der Waals surface area contributed by atoms with Crippen LogP contribution in [0.5, 0.6) is 0 Å². The van der Waals surface area contributed by atoms with Crippen molar-refractivity contribution < 1.29 is 107 Å². The number of hydrogen-bond acceptors (Lipinski definition) is 9. The van der Waals surface area contributed by atoms with Gasteiger partial charge in [0.15, 0.2) is 6.29 Å². The molecule has 0 fully saturated rings. The number of carboxylic acid groups (broad SMARTS) is 2. The molecule has 0 bridgehead atoms. The van der Waals surface area contributed by atoms with E-state index in [1.165, 1.54) is 6.92 Å². The zero-order chi connectivity index (χ0) is 18.2. The average Bonchev–Trinajstić information content (AvgIpc) is 2.44. The third-order valence-electron chi connectivity index (χ3n) is 2.13. The van der Waals surface area contributed by atoms with Crippen molar-refractivity contribution in [2.24, 2.45) is 0 Å². The van der Waals surface area contributed by atoms with Crippen molar-refractivity contribution in [3.05, 3.63) is 29.3 Å². The summed E-state index contributed by atoms with van der Waals surface area (Å²) >= 11 is 0. The van der Waals surface area contributed by atoms with E-state index in [2.05, 4.69) is 4.74 Å². The molecule has 1 atom stereocenters. The Bertz CT molecular complexity index is 628. The summed E-state index contributed by atoms with van der Waals surface area (Å²) in [6, 6.07) is 1.83. The largest absolute Gasteiger partial charge is 1.00 e. The van der Waals surface area contributed by atoms with Crippen LogP contribution in [0.15, 0.2) is 23.1 Å². The van der Waals surface area contributed by atoms with Crippen LogP contribution in [0.3, 0.4) is 0 Å². The molecule has 1 aromatic carbocycles. The van der Waals surface area contributed by atoms with E-state index in [1.54, 1.807) is 0 Å². The van der Waals surface area contributed by atoms with Gasteiger partial charge in [-0.25, -0.2) is 0 Å². The van der Waals surface area contributed by atoms with Gasteiger partial charge in [-0.3, -0.25) is 4.55 Å². The molecule has 13 heteroatoms. The number of benzene rings is 1. The second-order valence-corrected chi connectivity index (χ2v) is 5.41. The first kappa shape index (κ1) is 29.7. The summed E-state index contributed by atoms with van der Waals surface area (Å²) in [6.07, 6.45) is -0.757. The van der Waals surface area contributed by atoms with Gasteiger partial charge in [-0.15, -0.1) is 0 Å². The van der Waals surface area contributed by atoms with Crippen molar-refractivity contribution in [2.45, 2.75) is 18.1 Å². The number of hydrogen-bond donors (Lipinski definition) is 3. The minimum absolute atomic E-state index is 0. The van der Waals surface area contributed by atoms with Crippen molar-refractivity contribution in [1.82, 2.24) is 0 Å². The molecule has 0 aliphatic rings. The maximum Gasteiger partial charge on any atom is 1.00 e. The molecule has 130 valence electrons. The number of carboxylic acids is 2. The third kappa shape index (κ3) is 12.9. The first-order valence-electron chi connectivity index (χ1n) is 5.94. The molecule has 3 N–H and O–H groups in total. The van der Waals surface area contributed by atoms with Crippen molar-refractivity contribution >= 4 is 22.1 Å². The Hall–Kier alpha value is -0.0500. The van der Waals surface area contributed by atoms with Gasteiger partial charge in [-0.1, -0.05) is 0 Å². The van der Waals surface area contributed by atoms with Crippen molar-refractivity contribution in [2.75, 3.05) is 13.2 Å². The topological polar surface area (TPSA) is 184 Å². The van der Waals surface area contributed by atoms with Gasteiger partial charge in [0.05, 0.1) is 30.0 Å². The van der Waals surface area contributed by atoms with Crippen LogP contribution in [0.2, 0.25) is 0 Å². The van der Waals surface area contributed by atoms with E-state index in [-0.39, 0.29) is 72.3 Å². The van der Waals surface area contributed by atoms with Crippen LogP contribution in [0, 0.1) is 0 Å². The summed E-state index contributed by atoms with van der Waals surface area (Å²) in [7, 11) is -4.70. The molecule has 0 heterocycles. The van der Waals surface area contributed by atoms with Crippen LogP contribution in [0.25, 0.3) is 0 Å². The van der Waals surface area contributed by atoms with Gasteiger partial charge in [-0.2, -0.15) is 8.42 Å². The zero-order valence-corrected chi connectivity index (χ0v) is 18.6. The number of aliphatic hydroxyl groups is 2. The Kier molecular flexibility index (Phi) is 16.7. The SMILES string of the molecule is CC(O)OCCO.O=C([O-])c1cc(C(=O)[O-])cc(S(=O)(=O)O)c1.[Na+].[Na+]. The van der Waals surface area contributed by atoms with Gasteiger partial charge < -0.3 is 34.8 Å². The summed E-state index contributed by atoms with van der Waals surface area (Å²) in [4.78, 5) is 20.1. The minimum Gasteiger partial charge on any atom is -0.545 e. The Morgan fingerprint density at radius 2 is 1.52 bits per heavy atom. The molecule has 0 spiro atoms. The molecule has 0 saturated carbocycles. The van der Waals surface area contributed by atoms with Gasteiger partial charge in [0.1, 0.15) is 0 Å². The van der Waals surface area contributed by atoms with E-state index in [0.717, 1.165) is 0 Å². The van der Waals surface area contributed by atoms with Crippen LogP contribution >= 0.6 is 0 Å². The minimum atomic E-state index is -4.70. The second kappa shape index (κ2) is 14.1. The Balaban J connectivity index is -0.000000464. The van der Waals surface area contributed by atoms with Gasteiger partial charge in [0.25, 0.3) is 10.1 Å². The predicted molar refractivity (Wildman–Crippen MR) is 69.6 cm³/mol. The molecule has 0 aliphatic carbocycles. The van der Waals surface area contributed by atoms with Gasteiger partial charge in [0.2, 0.25) is 0 Å².